The quantitative estimate of drug-likeness (QED) is 0.887. The fourth-order valence-corrected chi connectivity index (χ4v) is 4.96. The summed E-state index contributed by atoms with van der Waals surface area (Å²) in [5.74, 6) is 0. The van der Waals surface area contributed by atoms with Crippen LogP contribution in [0.15, 0.2) is 23.1 Å². The number of halogens is 2. The molecule has 4 nitrogen and oxygen atoms in total. The standard InChI is InChI=1S/C14H20Cl2N2O2S/c1-10(2)18(9-12-4-3-7-17-12)21(19,20)14-6-5-11(15)8-13(14)16/h5-6,8,10,12,17H,3-4,7,9H2,1-2H3. The van der Waals surface area contributed by atoms with Crippen molar-refractivity contribution in [2.45, 2.75) is 43.7 Å². The first kappa shape index (κ1) is 17.0. The molecule has 2 rings (SSSR count). The van der Waals surface area contributed by atoms with Crippen LogP contribution >= 0.6 is 23.2 Å². The van der Waals surface area contributed by atoms with Gasteiger partial charge in [0.15, 0.2) is 0 Å². The number of nitrogens with zero attached hydrogens (tertiary/aromatic N) is 1. The van der Waals surface area contributed by atoms with Gasteiger partial charge in [0.25, 0.3) is 0 Å². The van der Waals surface area contributed by atoms with E-state index in [9.17, 15) is 8.42 Å². The second kappa shape index (κ2) is 6.84. The highest BCUT2D eigenvalue weighted by Crippen LogP contribution is 2.29. The van der Waals surface area contributed by atoms with Gasteiger partial charge in [0.1, 0.15) is 4.90 Å². The lowest BCUT2D eigenvalue weighted by atomic mass is 10.2. The molecule has 1 atom stereocenters. The molecule has 118 valence electrons. The Morgan fingerprint density at radius 2 is 2.10 bits per heavy atom. The second-order valence-corrected chi connectivity index (χ2v) is 8.24. The van der Waals surface area contributed by atoms with Crippen LogP contribution in [0.5, 0.6) is 0 Å². The van der Waals surface area contributed by atoms with Gasteiger partial charge in [0.2, 0.25) is 10.0 Å². The molecule has 1 heterocycles. The third-order valence-corrected chi connectivity index (χ3v) is 6.38. The first-order valence-electron chi connectivity index (χ1n) is 7.02. The molecule has 1 unspecified atom stereocenters. The van der Waals surface area contributed by atoms with Crippen molar-refractivity contribution >= 4 is 33.2 Å². The number of sulfonamides is 1. The highest BCUT2D eigenvalue weighted by atomic mass is 35.5. The van der Waals surface area contributed by atoms with Crippen molar-refractivity contribution in [3.8, 4) is 0 Å². The lowest BCUT2D eigenvalue weighted by Gasteiger charge is -2.29. The van der Waals surface area contributed by atoms with E-state index in [2.05, 4.69) is 5.32 Å². The number of benzene rings is 1. The van der Waals surface area contributed by atoms with Crippen LogP contribution in [0.1, 0.15) is 26.7 Å². The van der Waals surface area contributed by atoms with Gasteiger partial charge < -0.3 is 5.32 Å². The van der Waals surface area contributed by atoms with E-state index in [1.54, 1.807) is 6.07 Å². The molecule has 1 N–H and O–H groups in total. The maximum atomic E-state index is 12.9. The number of hydrogen-bond acceptors (Lipinski definition) is 3. The van der Waals surface area contributed by atoms with Crippen LogP contribution in [0.2, 0.25) is 10.0 Å². The fourth-order valence-electron chi connectivity index (χ4n) is 2.53. The SMILES string of the molecule is CC(C)N(CC1CCCN1)S(=O)(=O)c1ccc(Cl)cc1Cl. The summed E-state index contributed by atoms with van der Waals surface area (Å²) >= 11 is 11.9. The first-order valence-corrected chi connectivity index (χ1v) is 9.22. The Labute approximate surface area is 136 Å². The van der Waals surface area contributed by atoms with Crippen LogP contribution in [-0.4, -0.2) is 37.9 Å². The molecule has 1 aromatic carbocycles. The molecule has 0 saturated carbocycles. The molecule has 0 amide bonds. The normalized spacial score (nSPS) is 19.6. The van der Waals surface area contributed by atoms with Gasteiger partial charge in [-0.15, -0.1) is 0 Å². The summed E-state index contributed by atoms with van der Waals surface area (Å²) in [7, 11) is -3.63. The summed E-state index contributed by atoms with van der Waals surface area (Å²) in [6, 6.07) is 4.55. The number of hydrogen-bond donors (Lipinski definition) is 1. The van der Waals surface area contributed by atoms with Gasteiger partial charge in [-0.05, 0) is 51.4 Å². The minimum absolute atomic E-state index is 0.111. The van der Waals surface area contributed by atoms with Gasteiger partial charge in [-0.25, -0.2) is 8.42 Å². The summed E-state index contributed by atoms with van der Waals surface area (Å²) in [6.07, 6.45) is 2.07. The predicted octanol–water partition coefficient (Wildman–Crippen LogP) is 3.14. The number of nitrogens with one attached hydrogen (secondary N) is 1. The number of rotatable bonds is 5. The van der Waals surface area contributed by atoms with Crippen molar-refractivity contribution in [1.82, 2.24) is 9.62 Å². The van der Waals surface area contributed by atoms with E-state index in [4.69, 9.17) is 23.2 Å². The molecule has 0 radical (unpaired) electrons. The Morgan fingerprint density at radius 3 is 2.62 bits per heavy atom. The van der Waals surface area contributed by atoms with Crippen molar-refractivity contribution in [3.05, 3.63) is 28.2 Å². The Bertz CT molecular complexity index is 599. The van der Waals surface area contributed by atoms with Crippen molar-refractivity contribution in [2.24, 2.45) is 0 Å². The van der Waals surface area contributed by atoms with E-state index in [0.717, 1.165) is 19.4 Å². The molecule has 7 heteroatoms. The van der Waals surface area contributed by atoms with Crippen molar-refractivity contribution in [3.63, 3.8) is 0 Å². The minimum atomic E-state index is -3.63. The Kier molecular flexibility index (Phi) is 5.54. The van der Waals surface area contributed by atoms with Crippen LogP contribution in [0, 0.1) is 0 Å². The smallest absolute Gasteiger partial charge is 0.244 e. The van der Waals surface area contributed by atoms with Crippen molar-refractivity contribution in [2.75, 3.05) is 13.1 Å². The lowest BCUT2D eigenvalue weighted by Crippen LogP contribution is -2.44. The summed E-state index contributed by atoms with van der Waals surface area (Å²) < 4.78 is 27.2. The van der Waals surface area contributed by atoms with E-state index in [1.807, 2.05) is 13.8 Å². The molecule has 21 heavy (non-hydrogen) atoms. The average molecular weight is 351 g/mol. The van der Waals surface area contributed by atoms with E-state index >= 15 is 0 Å². The Hall–Kier alpha value is -0.330. The van der Waals surface area contributed by atoms with Gasteiger partial charge in [-0.3, -0.25) is 0 Å². The van der Waals surface area contributed by atoms with Gasteiger partial charge >= 0.3 is 0 Å². The largest absolute Gasteiger partial charge is 0.313 e. The predicted molar refractivity (Wildman–Crippen MR) is 86.5 cm³/mol. The molecule has 1 fully saturated rings. The van der Waals surface area contributed by atoms with Gasteiger partial charge in [-0.1, -0.05) is 23.2 Å². The van der Waals surface area contributed by atoms with E-state index in [0.29, 0.717) is 11.6 Å². The molecule has 0 aromatic heterocycles. The van der Waals surface area contributed by atoms with Crippen LogP contribution in [0.4, 0.5) is 0 Å². The molecular weight excluding hydrogens is 331 g/mol. The van der Waals surface area contributed by atoms with E-state index in [-0.39, 0.29) is 22.0 Å². The topological polar surface area (TPSA) is 49.4 Å². The molecule has 1 aliphatic rings. The first-order chi connectivity index (χ1) is 9.82. The highest BCUT2D eigenvalue weighted by Gasteiger charge is 2.31. The molecule has 0 bridgehead atoms. The summed E-state index contributed by atoms with van der Waals surface area (Å²) in [5, 5.41) is 3.91. The fraction of sp³-hybridized carbons (Fsp3) is 0.571. The summed E-state index contributed by atoms with van der Waals surface area (Å²) in [5.41, 5.74) is 0. The third-order valence-electron chi connectivity index (χ3n) is 3.62. The van der Waals surface area contributed by atoms with Crippen molar-refractivity contribution < 1.29 is 8.42 Å². The highest BCUT2D eigenvalue weighted by molar-refractivity contribution is 7.89. The zero-order chi connectivity index (χ0) is 15.6. The summed E-state index contributed by atoms with van der Waals surface area (Å²) in [4.78, 5) is 0.111. The zero-order valence-corrected chi connectivity index (χ0v) is 14.5. The van der Waals surface area contributed by atoms with Crippen LogP contribution in [0.3, 0.4) is 0 Å². The summed E-state index contributed by atoms with van der Waals surface area (Å²) in [6.45, 7) is 5.14. The molecule has 1 aliphatic heterocycles. The van der Waals surface area contributed by atoms with Crippen LogP contribution in [-0.2, 0) is 10.0 Å². The maximum absolute atomic E-state index is 12.9. The molecule has 0 aliphatic carbocycles. The van der Waals surface area contributed by atoms with Crippen LogP contribution < -0.4 is 5.32 Å². The maximum Gasteiger partial charge on any atom is 0.244 e. The van der Waals surface area contributed by atoms with Gasteiger partial charge in [0.05, 0.1) is 5.02 Å². The van der Waals surface area contributed by atoms with Crippen molar-refractivity contribution in [1.29, 1.82) is 0 Å². The van der Waals surface area contributed by atoms with Gasteiger partial charge in [0, 0.05) is 23.7 Å². The monoisotopic (exact) mass is 350 g/mol. The Morgan fingerprint density at radius 1 is 1.38 bits per heavy atom. The second-order valence-electron chi connectivity index (χ2n) is 5.54. The lowest BCUT2D eigenvalue weighted by molar-refractivity contribution is 0.322. The molecular formula is C14H20Cl2N2O2S. The third kappa shape index (κ3) is 3.90. The Balaban J connectivity index is 2.32. The van der Waals surface area contributed by atoms with Crippen LogP contribution in [0.25, 0.3) is 0 Å². The van der Waals surface area contributed by atoms with E-state index < -0.39 is 10.0 Å². The zero-order valence-electron chi connectivity index (χ0n) is 12.1. The molecule has 1 saturated heterocycles. The van der Waals surface area contributed by atoms with E-state index in [1.165, 1.54) is 16.4 Å². The minimum Gasteiger partial charge on any atom is -0.313 e. The molecule has 0 spiro atoms. The van der Waals surface area contributed by atoms with Gasteiger partial charge in [-0.2, -0.15) is 4.31 Å². The average Bonchev–Trinajstić information content (AvgIpc) is 2.87. The molecule has 1 aromatic rings.